The molecule has 54 heavy (non-hydrogen) atoms. The van der Waals surface area contributed by atoms with E-state index < -0.39 is 14.5 Å². The number of aromatic nitrogens is 2. The Morgan fingerprint density at radius 2 is 0.667 bits per heavy atom. The van der Waals surface area contributed by atoms with E-state index >= 15 is 0 Å². The molecule has 0 bridgehead atoms. The average Bonchev–Trinajstić information content (AvgIpc) is 3.77. The van der Waals surface area contributed by atoms with Crippen molar-refractivity contribution in [1.29, 1.82) is 5.26 Å². The van der Waals surface area contributed by atoms with Crippen LogP contribution in [0.25, 0.3) is 0 Å². The fourth-order valence-electron chi connectivity index (χ4n) is 4.21. The van der Waals surface area contributed by atoms with Gasteiger partial charge in [0.05, 0.1) is 28.2 Å². The van der Waals surface area contributed by atoms with Crippen LogP contribution in [0.2, 0.25) is 0 Å². The van der Waals surface area contributed by atoms with E-state index in [1.807, 2.05) is 91.8 Å². The van der Waals surface area contributed by atoms with Crippen LogP contribution >= 0.6 is 0 Å². The third-order valence-corrected chi connectivity index (χ3v) is 6.24. The van der Waals surface area contributed by atoms with Crippen molar-refractivity contribution in [2.45, 2.75) is 84.5 Å². The molecule has 0 N–H and O–H groups in total. The number of aliphatic imine (C=N–C) groups is 4. The van der Waals surface area contributed by atoms with Gasteiger partial charge in [0.1, 0.15) is 49.2 Å². The number of nitrogens with zero attached hydrogens (tertiary/aromatic N) is 7. The van der Waals surface area contributed by atoms with Gasteiger partial charge in [-0.2, -0.15) is 5.26 Å². The van der Waals surface area contributed by atoms with Crippen molar-refractivity contribution in [1.82, 2.24) is 9.97 Å². The van der Waals surface area contributed by atoms with Gasteiger partial charge < -0.3 is 53.5 Å². The van der Waals surface area contributed by atoms with Crippen molar-refractivity contribution in [2.24, 2.45) is 20.0 Å². The van der Waals surface area contributed by atoms with Gasteiger partial charge in [-0.1, -0.05) is 12.1 Å². The minimum Gasteiger partial charge on any atom is -0.474 e. The maximum Gasteiger partial charge on any atom is 2.00 e. The molecule has 0 radical (unpaired) electrons. The monoisotopic (exact) mass is 817 g/mol. The Morgan fingerprint density at radius 3 is 0.796 bits per heavy atom. The van der Waals surface area contributed by atoms with E-state index in [-0.39, 0.29) is 39.2 Å². The number of hydrogen-bond donors (Lipinski definition) is 0. The molecule has 2 aromatic rings. The van der Waals surface area contributed by atoms with E-state index in [1.54, 1.807) is 6.07 Å². The Hall–Kier alpha value is -4.24. The molecule has 22 heteroatoms. The number of nitriles is 1. The first-order chi connectivity index (χ1) is 24.1. The summed E-state index contributed by atoms with van der Waals surface area (Å²) in [7, 11) is -12.0. The van der Waals surface area contributed by atoms with Crippen LogP contribution in [0.4, 0.5) is 34.5 Å². The van der Waals surface area contributed by atoms with E-state index in [4.69, 9.17) is 24.2 Å². The van der Waals surface area contributed by atoms with Gasteiger partial charge in [-0.05, 0) is 79.7 Å². The maximum atomic E-state index is 9.75. The predicted molar refractivity (Wildman–Crippen MR) is 186 cm³/mol. The minimum atomic E-state index is -6.00. The summed E-state index contributed by atoms with van der Waals surface area (Å²) < 4.78 is 100. The molecule has 4 aliphatic rings. The first kappa shape index (κ1) is 47.8. The fraction of sp³-hybridized carbons (Fsp3) is 0.531. The van der Waals surface area contributed by atoms with E-state index in [0.29, 0.717) is 50.0 Å². The van der Waals surface area contributed by atoms with Crippen LogP contribution in [0.1, 0.15) is 85.1 Å². The van der Waals surface area contributed by atoms with Crippen LogP contribution < -0.4 is 0 Å². The summed E-state index contributed by atoms with van der Waals surface area (Å²) in [6.07, 6.45) is 0. The Morgan fingerprint density at radius 1 is 0.500 bits per heavy atom. The Balaban J connectivity index is 0.000000404. The summed E-state index contributed by atoms with van der Waals surface area (Å²) in [5.41, 5.74) is 2.17. The molecule has 0 spiro atoms. The molecule has 0 amide bonds. The molecular formula is C32H41B2F8FeN7O4. The molecule has 0 unspecified atom stereocenters. The van der Waals surface area contributed by atoms with Crippen LogP contribution in [0, 0.1) is 11.3 Å². The van der Waals surface area contributed by atoms with Gasteiger partial charge in [0, 0.05) is 6.92 Å². The van der Waals surface area contributed by atoms with Crippen molar-refractivity contribution in [3.63, 3.8) is 0 Å². The number of halogens is 8. The zero-order valence-corrected chi connectivity index (χ0v) is 32.2. The zero-order chi connectivity index (χ0) is 40.5. The maximum absolute atomic E-state index is 9.75. The summed E-state index contributed by atoms with van der Waals surface area (Å²) in [6.45, 7) is 20.1. The first-order valence-corrected chi connectivity index (χ1v) is 16.0. The summed E-state index contributed by atoms with van der Waals surface area (Å²) in [6, 6.07) is 13.2. The Bertz CT molecular complexity index is 1520. The van der Waals surface area contributed by atoms with Gasteiger partial charge in [0.2, 0.25) is 23.6 Å². The number of pyridine rings is 2. The van der Waals surface area contributed by atoms with Gasteiger partial charge >= 0.3 is 31.6 Å². The van der Waals surface area contributed by atoms with Crippen LogP contribution in [0.5, 0.6) is 0 Å². The third kappa shape index (κ3) is 18.2. The van der Waals surface area contributed by atoms with E-state index in [2.05, 4.69) is 29.9 Å². The average molecular weight is 817 g/mol. The van der Waals surface area contributed by atoms with Crippen LogP contribution in [0.15, 0.2) is 56.4 Å². The van der Waals surface area contributed by atoms with E-state index in [0.717, 1.165) is 22.8 Å². The van der Waals surface area contributed by atoms with Gasteiger partial charge in [-0.25, -0.2) is 29.9 Å². The van der Waals surface area contributed by atoms with Crippen molar-refractivity contribution < 1.29 is 70.5 Å². The standard InChI is InChI=1S/2C15H19N3O2.C2H3N.2BF4.Fe/c2*1-14(2)8-19-12(17-14)10-6-5-7-11(16-10)13-18-15(3,4)9-20-13;1-2-3;2*2-1(3,4)5;/h2*5-7H,8-9H2,1-4H3;1H3;;;/q;;;2*-1;+2. The molecule has 0 saturated carbocycles. The molecule has 0 fully saturated rings. The van der Waals surface area contributed by atoms with Crippen molar-refractivity contribution >= 4 is 38.1 Å². The summed E-state index contributed by atoms with van der Waals surface area (Å²) in [5.74, 6) is 2.37. The van der Waals surface area contributed by atoms with Crippen molar-refractivity contribution in [2.75, 3.05) is 26.4 Å². The molecule has 11 nitrogen and oxygen atoms in total. The summed E-state index contributed by atoms with van der Waals surface area (Å²) in [5, 5.41) is 7.32. The molecule has 0 aliphatic carbocycles. The van der Waals surface area contributed by atoms with Gasteiger partial charge in [0.15, 0.2) is 0 Å². The summed E-state index contributed by atoms with van der Waals surface area (Å²) >= 11 is 0. The molecule has 6 rings (SSSR count). The normalized spacial score (nSPS) is 19.3. The first-order valence-electron chi connectivity index (χ1n) is 16.0. The van der Waals surface area contributed by atoms with Crippen molar-refractivity contribution in [3.8, 4) is 6.07 Å². The molecule has 298 valence electrons. The topological polar surface area (TPSA) is 136 Å². The third-order valence-electron chi connectivity index (χ3n) is 6.24. The van der Waals surface area contributed by atoms with Crippen LogP contribution in [-0.2, 0) is 36.0 Å². The zero-order valence-electron chi connectivity index (χ0n) is 31.1. The SMILES string of the molecule is CC#N.CC1(C)COC(c2cccc(C3=NC(C)(C)CO3)n2)=N1.CC1(C)COC(c2cccc(C3=NC(C)(C)CO3)n2)=N1.F[B-](F)(F)F.F[B-](F)(F)F.[Fe+2]. The Labute approximate surface area is 319 Å². The Kier molecular flexibility index (Phi) is 16.7. The second kappa shape index (κ2) is 18.9. The molecule has 0 aromatic carbocycles. The van der Waals surface area contributed by atoms with Gasteiger partial charge in [-0.15, -0.1) is 0 Å². The van der Waals surface area contributed by atoms with Crippen molar-refractivity contribution in [3.05, 3.63) is 59.2 Å². The second-order valence-corrected chi connectivity index (χ2v) is 14.1. The second-order valence-electron chi connectivity index (χ2n) is 14.1. The smallest absolute Gasteiger partial charge is 0.474 e. The van der Waals surface area contributed by atoms with E-state index in [9.17, 15) is 34.5 Å². The fourth-order valence-corrected chi connectivity index (χ4v) is 4.21. The van der Waals surface area contributed by atoms with Gasteiger partial charge in [0.25, 0.3) is 0 Å². The van der Waals surface area contributed by atoms with E-state index in [1.165, 1.54) is 6.92 Å². The van der Waals surface area contributed by atoms with Crippen LogP contribution in [-0.4, -0.2) is 96.7 Å². The minimum absolute atomic E-state index is 0. The molecule has 0 saturated heterocycles. The molecule has 0 atom stereocenters. The number of rotatable bonds is 4. The molecule has 6 heterocycles. The molecular weight excluding hydrogens is 776 g/mol. The molecule has 4 aliphatic heterocycles. The largest absolute Gasteiger partial charge is 2.00 e. The quantitative estimate of drug-likeness (QED) is 0.230. The number of ether oxygens (including phenoxy) is 4. The van der Waals surface area contributed by atoms with Crippen LogP contribution in [0.3, 0.4) is 0 Å². The van der Waals surface area contributed by atoms with Gasteiger partial charge in [-0.3, -0.25) is 0 Å². The predicted octanol–water partition coefficient (Wildman–Crippen LogP) is 7.51. The summed E-state index contributed by atoms with van der Waals surface area (Å²) in [4.78, 5) is 27.3. The molecule has 2 aromatic heterocycles. The number of hydrogen-bond acceptors (Lipinski definition) is 11.